The summed E-state index contributed by atoms with van der Waals surface area (Å²) in [6, 6.07) is 7.07. The summed E-state index contributed by atoms with van der Waals surface area (Å²) in [5.74, 6) is 0.646. The maximum Gasteiger partial charge on any atom is 0.123 e. The van der Waals surface area contributed by atoms with E-state index in [9.17, 15) is 4.39 Å². The molecule has 2 aliphatic rings. The lowest BCUT2D eigenvalue weighted by Gasteiger charge is -2.30. The van der Waals surface area contributed by atoms with Gasteiger partial charge in [0.1, 0.15) is 5.82 Å². The van der Waals surface area contributed by atoms with E-state index in [-0.39, 0.29) is 11.4 Å². The van der Waals surface area contributed by atoms with E-state index in [1.54, 1.807) is 12.1 Å². The van der Waals surface area contributed by atoms with E-state index in [2.05, 4.69) is 5.32 Å². The number of hydrogen-bond acceptors (Lipinski definition) is 1. The van der Waals surface area contributed by atoms with Crippen LogP contribution in [0.1, 0.15) is 31.2 Å². The lowest BCUT2D eigenvalue weighted by atomic mass is 9.84. The van der Waals surface area contributed by atoms with Gasteiger partial charge in [-0.1, -0.05) is 12.1 Å². The molecule has 1 saturated heterocycles. The highest BCUT2D eigenvalue weighted by Crippen LogP contribution is 2.50. The molecule has 1 atom stereocenters. The van der Waals surface area contributed by atoms with E-state index in [4.69, 9.17) is 0 Å². The summed E-state index contributed by atoms with van der Waals surface area (Å²) in [7, 11) is 0. The fourth-order valence-corrected chi connectivity index (χ4v) is 2.92. The number of nitrogens with one attached hydrogen (secondary N) is 1. The van der Waals surface area contributed by atoms with Crippen molar-refractivity contribution in [1.29, 1.82) is 0 Å². The Morgan fingerprint density at radius 2 is 1.93 bits per heavy atom. The molecule has 80 valence electrons. The SMILES string of the molecule is Fc1ccc(C2(C3CC3)CCCN2)cc1. The molecule has 2 heteroatoms. The van der Waals surface area contributed by atoms with Crippen LogP contribution in [-0.2, 0) is 5.54 Å². The maximum atomic E-state index is 12.9. The molecule has 0 amide bonds. The smallest absolute Gasteiger partial charge is 0.123 e. The monoisotopic (exact) mass is 205 g/mol. The Morgan fingerprint density at radius 3 is 2.47 bits per heavy atom. The van der Waals surface area contributed by atoms with Crippen LogP contribution >= 0.6 is 0 Å². The van der Waals surface area contributed by atoms with Gasteiger partial charge in [-0.2, -0.15) is 0 Å². The minimum Gasteiger partial charge on any atom is -0.307 e. The van der Waals surface area contributed by atoms with Gasteiger partial charge in [-0.3, -0.25) is 0 Å². The summed E-state index contributed by atoms with van der Waals surface area (Å²) < 4.78 is 12.9. The fourth-order valence-electron chi connectivity index (χ4n) is 2.92. The van der Waals surface area contributed by atoms with Crippen molar-refractivity contribution in [3.8, 4) is 0 Å². The minimum atomic E-state index is -0.136. The van der Waals surface area contributed by atoms with Gasteiger partial charge in [-0.15, -0.1) is 0 Å². The van der Waals surface area contributed by atoms with Gasteiger partial charge in [0.2, 0.25) is 0 Å². The third-order valence-corrected chi connectivity index (χ3v) is 3.82. The molecule has 1 nitrogen and oxygen atoms in total. The highest BCUT2D eigenvalue weighted by Gasteiger charge is 2.47. The Morgan fingerprint density at radius 1 is 1.20 bits per heavy atom. The zero-order chi connectivity index (χ0) is 10.3. The quantitative estimate of drug-likeness (QED) is 0.782. The van der Waals surface area contributed by atoms with Crippen molar-refractivity contribution in [1.82, 2.24) is 5.32 Å². The first kappa shape index (κ1) is 9.34. The van der Waals surface area contributed by atoms with Crippen LogP contribution in [0, 0.1) is 11.7 Å². The second-order valence-electron chi connectivity index (χ2n) is 4.78. The molecule has 1 aromatic rings. The molecule has 3 rings (SSSR count). The molecule has 0 bridgehead atoms. The van der Waals surface area contributed by atoms with Crippen molar-refractivity contribution in [2.24, 2.45) is 5.92 Å². The zero-order valence-electron chi connectivity index (χ0n) is 8.80. The largest absolute Gasteiger partial charge is 0.307 e. The predicted molar refractivity (Wildman–Crippen MR) is 58.0 cm³/mol. The highest BCUT2D eigenvalue weighted by atomic mass is 19.1. The Bertz CT molecular complexity index is 347. The third kappa shape index (κ3) is 1.48. The molecule has 1 unspecified atom stereocenters. The Hall–Kier alpha value is -0.890. The molecule has 0 radical (unpaired) electrons. The van der Waals surface area contributed by atoms with Crippen molar-refractivity contribution in [3.05, 3.63) is 35.6 Å². The van der Waals surface area contributed by atoms with Gasteiger partial charge >= 0.3 is 0 Å². The fraction of sp³-hybridized carbons (Fsp3) is 0.538. The molecule has 1 saturated carbocycles. The summed E-state index contributed by atoms with van der Waals surface area (Å²) in [6.07, 6.45) is 5.10. The molecular formula is C13H16FN. The molecular weight excluding hydrogens is 189 g/mol. The van der Waals surface area contributed by atoms with Gasteiger partial charge in [0.15, 0.2) is 0 Å². The van der Waals surface area contributed by atoms with Crippen molar-refractivity contribution < 1.29 is 4.39 Å². The third-order valence-electron chi connectivity index (χ3n) is 3.82. The van der Waals surface area contributed by atoms with Crippen molar-refractivity contribution in [2.45, 2.75) is 31.2 Å². The van der Waals surface area contributed by atoms with Crippen molar-refractivity contribution in [2.75, 3.05) is 6.54 Å². The summed E-state index contributed by atoms with van der Waals surface area (Å²) in [4.78, 5) is 0. The highest BCUT2D eigenvalue weighted by molar-refractivity contribution is 5.29. The van der Waals surface area contributed by atoms with Crippen LogP contribution in [0.25, 0.3) is 0 Å². The lowest BCUT2D eigenvalue weighted by Crippen LogP contribution is -2.38. The second-order valence-corrected chi connectivity index (χ2v) is 4.78. The number of hydrogen-bond donors (Lipinski definition) is 1. The number of halogens is 1. The van der Waals surface area contributed by atoms with Gasteiger partial charge in [0, 0.05) is 5.54 Å². The van der Waals surface area contributed by atoms with Gasteiger partial charge in [-0.25, -0.2) is 4.39 Å². The summed E-state index contributed by atoms with van der Waals surface area (Å²) in [6.45, 7) is 1.11. The number of benzene rings is 1. The van der Waals surface area contributed by atoms with Gasteiger partial charge < -0.3 is 5.32 Å². The molecule has 2 fully saturated rings. The first-order chi connectivity index (χ1) is 7.31. The molecule has 1 aromatic carbocycles. The average Bonchev–Trinajstić information content (AvgIpc) is 3.00. The minimum absolute atomic E-state index is 0.136. The molecule has 1 aliphatic carbocycles. The average molecular weight is 205 g/mol. The van der Waals surface area contributed by atoms with E-state index >= 15 is 0 Å². The van der Waals surface area contributed by atoms with Gasteiger partial charge in [0.05, 0.1) is 0 Å². The van der Waals surface area contributed by atoms with E-state index in [0.717, 1.165) is 12.5 Å². The van der Waals surface area contributed by atoms with E-state index in [1.807, 2.05) is 12.1 Å². The summed E-state index contributed by atoms with van der Waals surface area (Å²) >= 11 is 0. The normalized spacial score (nSPS) is 30.7. The van der Waals surface area contributed by atoms with Crippen LogP contribution in [0.3, 0.4) is 0 Å². The van der Waals surface area contributed by atoms with Crippen LogP contribution in [0.2, 0.25) is 0 Å². The standard InChI is InChI=1S/C13H16FN/c14-12-6-4-11(5-7-12)13(10-2-3-10)8-1-9-15-13/h4-7,10,15H,1-3,8-9H2. The van der Waals surface area contributed by atoms with Crippen LogP contribution in [0.5, 0.6) is 0 Å². The predicted octanol–water partition coefficient (Wildman–Crippen LogP) is 2.81. The molecule has 1 N–H and O–H groups in total. The lowest BCUT2D eigenvalue weighted by molar-refractivity contribution is 0.336. The van der Waals surface area contributed by atoms with Crippen LogP contribution in [0.4, 0.5) is 4.39 Å². The van der Waals surface area contributed by atoms with E-state index in [1.165, 1.54) is 31.2 Å². The summed E-state index contributed by atoms with van der Waals surface area (Å²) in [5, 5.41) is 3.65. The molecule has 0 spiro atoms. The van der Waals surface area contributed by atoms with Crippen LogP contribution in [0.15, 0.2) is 24.3 Å². The first-order valence-electron chi connectivity index (χ1n) is 5.82. The molecule has 1 aliphatic heterocycles. The Balaban J connectivity index is 1.97. The van der Waals surface area contributed by atoms with Crippen LogP contribution in [-0.4, -0.2) is 6.54 Å². The van der Waals surface area contributed by atoms with Crippen LogP contribution < -0.4 is 5.32 Å². The first-order valence-corrected chi connectivity index (χ1v) is 5.82. The zero-order valence-corrected chi connectivity index (χ0v) is 8.80. The van der Waals surface area contributed by atoms with E-state index in [0.29, 0.717) is 0 Å². The Labute approximate surface area is 89.7 Å². The second kappa shape index (κ2) is 3.31. The topological polar surface area (TPSA) is 12.0 Å². The van der Waals surface area contributed by atoms with Crippen molar-refractivity contribution >= 4 is 0 Å². The number of rotatable bonds is 2. The molecule has 0 aromatic heterocycles. The van der Waals surface area contributed by atoms with Gasteiger partial charge in [-0.05, 0) is 55.8 Å². The van der Waals surface area contributed by atoms with Crippen molar-refractivity contribution in [3.63, 3.8) is 0 Å². The van der Waals surface area contributed by atoms with E-state index < -0.39 is 0 Å². The van der Waals surface area contributed by atoms with Gasteiger partial charge in [0.25, 0.3) is 0 Å². The molecule has 15 heavy (non-hydrogen) atoms. The summed E-state index contributed by atoms with van der Waals surface area (Å²) in [5.41, 5.74) is 1.46. The maximum absolute atomic E-state index is 12.9. The Kier molecular flexibility index (Phi) is 2.06. The molecule has 1 heterocycles.